The predicted molar refractivity (Wildman–Crippen MR) is 74.8 cm³/mol. The lowest BCUT2D eigenvalue weighted by atomic mass is 10.2. The van der Waals surface area contributed by atoms with Crippen LogP contribution in [0.3, 0.4) is 0 Å². The molecule has 0 aromatic heterocycles. The Kier molecular flexibility index (Phi) is 5.17. The number of nitrogens with one attached hydrogen (secondary N) is 1. The lowest BCUT2D eigenvalue weighted by Gasteiger charge is -2.09. The molecule has 1 aromatic rings. The van der Waals surface area contributed by atoms with Crippen molar-refractivity contribution in [3.63, 3.8) is 0 Å². The number of rotatable bonds is 4. The third-order valence-corrected chi connectivity index (χ3v) is 2.59. The van der Waals surface area contributed by atoms with Crippen molar-refractivity contribution in [2.45, 2.75) is 0 Å². The molecule has 0 atom stereocenters. The van der Waals surface area contributed by atoms with E-state index in [1.165, 1.54) is 0 Å². The standard InChI is InChI=1S/C10H12BrN3O2S/c1-15-8-4-9(16-2)7(11)3-6(8)5-13-14-10(12)17/h3-5H,1-2H3,(H3,12,14,17)/b13-5+. The number of ether oxygens (including phenoxy) is 2. The molecule has 1 aromatic carbocycles. The number of benzene rings is 1. The summed E-state index contributed by atoms with van der Waals surface area (Å²) in [6.45, 7) is 0. The fraction of sp³-hybridized carbons (Fsp3) is 0.200. The van der Waals surface area contributed by atoms with Gasteiger partial charge in [0.15, 0.2) is 5.11 Å². The lowest BCUT2D eigenvalue weighted by molar-refractivity contribution is 0.392. The first-order valence-corrected chi connectivity index (χ1v) is 5.78. The van der Waals surface area contributed by atoms with Crippen LogP contribution in [-0.4, -0.2) is 25.5 Å². The predicted octanol–water partition coefficient (Wildman–Crippen LogP) is 1.63. The molecule has 0 radical (unpaired) electrons. The highest BCUT2D eigenvalue weighted by atomic mass is 79.9. The zero-order chi connectivity index (χ0) is 12.8. The Labute approximate surface area is 113 Å². The minimum absolute atomic E-state index is 0.104. The molecular weight excluding hydrogens is 306 g/mol. The van der Waals surface area contributed by atoms with Crippen LogP contribution in [-0.2, 0) is 0 Å². The first kappa shape index (κ1) is 13.7. The van der Waals surface area contributed by atoms with Crippen LogP contribution in [0.15, 0.2) is 21.7 Å². The van der Waals surface area contributed by atoms with Gasteiger partial charge < -0.3 is 15.2 Å². The second-order valence-corrected chi connectivity index (χ2v) is 4.26. The van der Waals surface area contributed by atoms with Gasteiger partial charge >= 0.3 is 0 Å². The van der Waals surface area contributed by atoms with Crippen molar-refractivity contribution in [1.29, 1.82) is 0 Å². The zero-order valence-corrected chi connectivity index (χ0v) is 11.8. The van der Waals surface area contributed by atoms with E-state index in [1.807, 2.05) is 6.07 Å². The number of nitrogens with zero attached hydrogens (tertiary/aromatic N) is 1. The maximum atomic E-state index is 5.25. The highest BCUT2D eigenvalue weighted by molar-refractivity contribution is 9.10. The summed E-state index contributed by atoms with van der Waals surface area (Å²) in [6, 6.07) is 3.58. The topological polar surface area (TPSA) is 68.9 Å². The Balaban J connectivity index is 3.02. The molecule has 7 heteroatoms. The average Bonchev–Trinajstić information content (AvgIpc) is 2.29. The Bertz CT molecular complexity index is 451. The summed E-state index contributed by atoms with van der Waals surface area (Å²) in [5, 5.41) is 3.97. The number of hydrazone groups is 1. The normalized spacial score (nSPS) is 10.3. The number of methoxy groups -OCH3 is 2. The van der Waals surface area contributed by atoms with Crippen molar-refractivity contribution in [3.05, 3.63) is 22.2 Å². The van der Waals surface area contributed by atoms with Crippen molar-refractivity contribution in [3.8, 4) is 11.5 Å². The third-order valence-electron chi connectivity index (χ3n) is 1.88. The van der Waals surface area contributed by atoms with E-state index in [9.17, 15) is 0 Å². The van der Waals surface area contributed by atoms with Gasteiger partial charge in [0.25, 0.3) is 0 Å². The molecule has 0 amide bonds. The number of nitrogens with two attached hydrogens (primary N) is 1. The van der Waals surface area contributed by atoms with E-state index in [0.717, 1.165) is 10.0 Å². The van der Waals surface area contributed by atoms with Gasteiger partial charge in [-0.15, -0.1) is 0 Å². The van der Waals surface area contributed by atoms with Gasteiger partial charge in [0, 0.05) is 11.6 Å². The van der Waals surface area contributed by atoms with Gasteiger partial charge in [-0.05, 0) is 34.2 Å². The Hall–Kier alpha value is -1.34. The van der Waals surface area contributed by atoms with E-state index in [-0.39, 0.29) is 5.11 Å². The van der Waals surface area contributed by atoms with E-state index in [1.54, 1.807) is 26.5 Å². The van der Waals surface area contributed by atoms with Crippen molar-refractivity contribution in [1.82, 2.24) is 5.43 Å². The zero-order valence-electron chi connectivity index (χ0n) is 9.36. The molecule has 0 fully saturated rings. The SMILES string of the molecule is COc1cc(OC)c(/C=N/NC(N)=S)cc1Br. The summed E-state index contributed by atoms with van der Waals surface area (Å²) in [6.07, 6.45) is 1.56. The fourth-order valence-electron chi connectivity index (χ4n) is 1.15. The second-order valence-electron chi connectivity index (χ2n) is 2.96. The van der Waals surface area contributed by atoms with Crippen molar-refractivity contribution in [2.24, 2.45) is 10.8 Å². The van der Waals surface area contributed by atoms with Crippen LogP contribution in [0, 0.1) is 0 Å². The molecule has 0 unspecified atom stereocenters. The molecule has 17 heavy (non-hydrogen) atoms. The minimum atomic E-state index is 0.104. The number of halogens is 1. The Morgan fingerprint density at radius 1 is 1.41 bits per heavy atom. The lowest BCUT2D eigenvalue weighted by Crippen LogP contribution is -2.24. The van der Waals surface area contributed by atoms with Gasteiger partial charge in [0.2, 0.25) is 0 Å². The maximum absolute atomic E-state index is 5.25. The molecule has 3 N–H and O–H groups in total. The first-order valence-electron chi connectivity index (χ1n) is 4.58. The van der Waals surface area contributed by atoms with E-state index in [4.69, 9.17) is 15.2 Å². The molecule has 0 aliphatic rings. The van der Waals surface area contributed by atoms with E-state index >= 15 is 0 Å². The van der Waals surface area contributed by atoms with Gasteiger partial charge in [-0.3, -0.25) is 5.43 Å². The summed E-state index contributed by atoms with van der Waals surface area (Å²) in [5.41, 5.74) is 8.49. The highest BCUT2D eigenvalue weighted by Crippen LogP contribution is 2.31. The van der Waals surface area contributed by atoms with Crippen LogP contribution in [0.1, 0.15) is 5.56 Å². The second kappa shape index (κ2) is 6.41. The molecule has 0 saturated carbocycles. The van der Waals surface area contributed by atoms with Crippen molar-refractivity contribution in [2.75, 3.05) is 14.2 Å². The van der Waals surface area contributed by atoms with Crippen LogP contribution in [0.2, 0.25) is 0 Å². The Morgan fingerprint density at radius 2 is 2.06 bits per heavy atom. The number of hydrogen-bond acceptors (Lipinski definition) is 4. The van der Waals surface area contributed by atoms with E-state index < -0.39 is 0 Å². The third kappa shape index (κ3) is 3.86. The van der Waals surface area contributed by atoms with Gasteiger partial charge in [-0.25, -0.2) is 0 Å². The molecule has 5 nitrogen and oxygen atoms in total. The van der Waals surface area contributed by atoms with Crippen molar-refractivity contribution < 1.29 is 9.47 Å². The number of thiocarbonyl (C=S) groups is 1. The van der Waals surface area contributed by atoms with Gasteiger partial charge in [0.05, 0.1) is 24.9 Å². The minimum Gasteiger partial charge on any atom is -0.496 e. The molecule has 92 valence electrons. The van der Waals surface area contributed by atoms with Gasteiger partial charge in [-0.1, -0.05) is 0 Å². The molecule has 0 bridgehead atoms. The quantitative estimate of drug-likeness (QED) is 0.502. The summed E-state index contributed by atoms with van der Waals surface area (Å²) in [5.74, 6) is 1.32. The van der Waals surface area contributed by atoms with Crippen LogP contribution in [0.5, 0.6) is 11.5 Å². The molecule has 1 rings (SSSR count). The summed E-state index contributed by atoms with van der Waals surface area (Å²) in [4.78, 5) is 0. The van der Waals surface area contributed by atoms with Crippen LogP contribution < -0.4 is 20.6 Å². The first-order chi connectivity index (χ1) is 8.08. The molecule has 0 saturated heterocycles. The van der Waals surface area contributed by atoms with E-state index in [0.29, 0.717) is 11.5 Å². The van der Waals surface area contributed by atoms with Crippen LogP contribution in [0.25, 0.3) is 0 Å². The maximum Gasteiger partial charge on any atom is 0.184 e. The molecule has 0 spiro atoms. The summed E-state index contributed by atoms with van der Waals surface area (Å²) in [7, 11) is 3.16. The van der Waals surface area contributed by atoms with Crippen molar-refractivity contribution >= 4 is 39.5 Å². The van der Waals surface area contributed by atoms with Crippen LogP contribution in [0.4, 0.5) is 0 Å². The largest absolute Gasteiger partial charge is 0.496 e. The summed E-state index contributed by atoms with van der Waals surface area (Å²) < 4.78 is 11.2. The Morgan fingerprint density at radius 3 is 2.59 bits per heavy atom. The molecular formula is C10H12BrN3O2S. The van der Waals surface area contributed by atoms with Gasteiger partial charge in [-0.2, -0.15) is 5.10 Å². The summed E-state index contributed by atoms with van der Waals surface area (Å²) >= 11 is 8.01. The monoisotopic (exact) mass is 317 g/mol. The smallest absolute Gasteiger partial charge is 0.184 e. The average molecular weight is 318 g/mol. The van der Waals surface area contributed by atoms with E-state index in [2.05, 4.69) is 38.7 Å². The van der Waals surface area contributed by atoms with Crippen LogP contribution >= 0.6 is 28.1 Å². The molecule has 0 aliphatic carbocycles. The fourth-order valence-corrected chi connectivity index (χ4v) is 1.73. The number of hydrogen-bond donors (Lipinski definition) is 2. The molecule has 0 aliphatic heterocycles. The van der Waals surface area contributed by atoms with Gasteiger partial charge in [0.1, 0.15) is 11.5 Å². The molecule has 0 heterocycles. The highest BCUT2D eigenvalue weighted by Gasteiger charge is 2.07.